The van der Waals surface area contributed by atoms with Crippen LogP contribution in [0.15, 0.2) is 6.07 Å². The predicted molar refractivity (Wildman–Crippen MR) is 131 cm³/mol. The van der Waals surface area contributed by atoms with Crippen molar-refractivity contribution in [3.05, 3.63) is 15.8 Å². The number of ether oxygens (including phenoxy) is 1. The van der Waals surface area contributed by atoms with Crippen LogP contribution in [0, 0.1) is 29.1 Å². The zero-order valence-electron chi connectivity index (χ0n) is 20.7. The summed E-state index contributed by atoms with van der Waals surface area (Å²) in [6.07, 6.45) is 4.46. The van der Waals surface area contributed by atoms with E-state index < -0.39 is 5.97 Å². The molecule has 0 aromatic carbocycles. The van der Waals surface area contributed by atoms with Crippen molar-refractivity contribution < 1.29 is 19.1 Å². The highest BCUT2D eigenvalue weighted by molar-refractivity contribution is 7.15. The lowest BCUT2D eigenvalue weighted by atomic mass is 9.82. The zero-order valence-corrected chi connectivity index (χ0v) is 21.5. The number of nitrogens with zero attached hydrogens (tertiary/aromatic N) is 2. The van der Waals surface area contributed by atoms with E-state index in [-0.39, 0.29) is 29.2 Å². The molecule has 1 aliphatic heterocycles. The van der Waals surface area contributed by atoms with Crippen LogP contribution in [0.5, 0.6) is 0 Å². The van der Waals surface area contributed by atoms with Crippen LogP contribution in [0.4, 0.5) is 5.69 Å². The van der Waals surface area contributed by atoms with Crippen LogP contribution in [0.25, 0.3) is 0 Å². The van der Waals surface area contributed by atoms with Crippen LogP contribution in [-0.4, -0.2) is 48.9 Å². The lowest BCUT2D eigenvalue weighted by Crippen LogP contribution is -2.46. The second kappa shape index (κ2) is 10.3. The standard InChI is InChI=1S/C26H36N2O4S/c1-17-7-9-19(10-8-17)24(30)28(20-12-14-27(16-20)18(2)29)22-15-21(11-13-26(3,4)5)33-23(22)25(31)32-6/h15,17,19-20H,7-10,12,14,16H2,1-6H3/t17-,19-,20-/m0/s1. The number of hydrogen-bond donors (Lipinski definition) is 0. The van der Waals surface area contributed by atoms with Gasteiger partial charge < -0.3 is 14.5 Å². The molecule has 33 heavy (non-hydrogen) atoms. The van der Waals surface area contributed by atoms with E-state index in [1.165, 1.54) is 18.4 Å². The minimum absolute atomic E-state index is 0.00614. The summed E-state index contributed by atoms with van der Waals surface area (Å²) in [5, 5.41) is 0. The molecular weight excluding hydrogens is 436 g/mol. The summed E-state index contributed by atoms with van der Waals surface area (Å²) in [5.41, 5.74) is 0.390. The Morgan fingerprint density at radius 3 is 2.36 bits per heavy atom. The Bertz CT molecular complexity index is 957. The summed E-state index contributed by atoms with van der Waals surface area (Å²) in [5.74, 6) is 6.55. The molecule has 0 bridgehead atoms. The normalized spacial score (nSPS) is 23.0. The van der Waals surface area contributed by atoms with Gasteiger partial charge in [0.25, 0.3) is 0 Å². The zero-order chi connectivity index (χ0) is 24.3. The van der Waals surface area contributed by atoms with E-state index >= 15 is 0 Å². The summed E-state index contributed by atoms with van der Waals surface area (Å²) in [7, 11) is 1.36. The van der Waals surface area contributed by atoms with Gasteiger partial charge in [-0.3, -0.25) is 9.59 Å². The third kappa shape index (κ3) is 6.17. The van der Waals surface area contributed by atoms with Gasteiger partial charge in [0.2, 0.25) is 11.8 Å². The lowest BCUT2D eigenvalue weighted by molar-refractivity contribution is -0.128. The maximum Gasteiger partial charge on any atom is 0.350 e. The topological polar surface area (TPSA) is 66.9 Å². The Morgan fingerprint density at radius 1 is 1.15 bits per heavy atom. The molecule has 2 aliphatic rings. The molecule has 1 saturated carbocycles. The molecule has 1 aliphatic carbocycles. The van der Waals surface area contributed by atoms with Crippen molar-refractivity contribution in [1.29, 1.82) is 0 Å². The third-order valence-electron chi connectivity index (χ3n) is 6.48. The summed E-state index contributed by atoms with van der Waals surface area (Å²) in [4.78, 5) is 43.3. The molecule has 2 heterocycles. The largest absolute Gasteiger partial charge is 0.465 e. The predicted octanol–water partition coefficient (Wildman–Crippen LogP) is 4.71. The van der Waals surface area contributed by atoms with Crippen molar-refractivity contribution in [2.45, 2.75) is 72.8 Å². The molecule has 1 aromatic rings. The van der Waals surface area contributed by atoms with Gasteiger partial charge in [-0.05, 0) is 64.9 Å². The molecule has 3 rings (SSSR count). The second-order valence-electron chi connectivity index (χ2n) is 10.4. The molecule has 0 radical (unpaired) electrons. The number of carbonyl (C=O) groups is 3. The molecule has 0 N–H and O–H groups in total. The minimum Gasteiger partial charge on any atom is -0.465 e. The highest BCUT2D eigenvalue weighted by Crippen LogP contribution is 2.38. The van der Waals surface area contributed by atoms with E-state index in [1.807, 2.05) is 26.8 Å². The van der Waals surface area contributed by atoms with Crippen LogP contribution in [0.1, 0.15) is 81.3 Å². The van der Waals surface area contributed by atoms with E-state index in [0.717, 1.165) is 30.6 Å². The third-order valence-corrected chi connectivity index (χ3v) is 7.50. The maximum absolute atomic E-state index is 13.9. The highest BCUT2D eigenvalue weighted by atomic mass is 32.1. The number of carbonyl (C=O) groups excluding carboxylic acids is 3. The SMILES string of the molecule is COC(=O)c1sc(C#CC(C)(C)C)cc1N(C(=O)[C@H]1CC[C@H](C)CC1)[C@H]1CCN(C(C)=O)C1. The number of likely N-dealkylation sites (tertiary alicyclic amines) is 1. The van der Waals surface area contributed by atoms with E-state index in [9.17, 15) is 14.4 Å². The van der Waals surface area contributed by atoms with E-state index in [4.69, 9.17) is 4.74 Å². The van der Waals surface area contributed by atoms with Crippen LogP contribution in [0.2, 0.25) is 0 Å². The maximum atomic E-state index is 13.9. The molecule has 180 valence electrons. The fourth-order valence-electron chi connectivity index (χ4n) is 4.55. The quantitative estimate of drug-likeness (QED) is 0.470. The van der Waals surface area contributed by atoms with Crippen molar-refractivity contribution in [1.82, 2.24) is 4.90 Å². The number of methoxy groups -OCH3 is 1. The Balaban J connectivity index is 2.04. The molecule has 0 spiro atoms. The number of esters is 1. The van der Waals surface area contributed by atoms with Crippen molar-refractivity contribution >= 4 is 34.8 Å². The first-order valence-electron chi connectivity index (χ1n) is 11.8. The van der Waals surface area contributed by atoms with Crippen LogP contribution in [-0.2, 0) is 14.3 Å². The monoisotopic (exact) mass is 472 g/mol. The Kier molecular flexibility index (Phi) is 7.89. The average molecular weight is 473 g/mol. The van der Waals surface area contributed by atoms with Crippen LogP contribution >= 0.6 is 11.3 Å². The molecule has 6 nitrogen and oxygen atoms in total. The summed E-state index contributed by atoms with van der Waals surface area (Å²) >= 11 is 1.27. The molecule has 2 fully saturated rings. The smallest absolute Gasteiger partial charge is 0.350 e. The Hall–Kier alpha value is -2.33. The number of rotatable bonds is 4. The van der Waals surface area contributed by atoms with E-state index in [2.05, 4.69) is 18.8 Å². The highest BCUT2D eigenvalue weighted by Gasteiger charge is 2.39. The number of anilines is 1. The van der Waals surface area contributed by atoms with Gasteiger partial charge in [-0.15, -0.1) is 11.3 Å². The number of hydrogen-bond acceptors (Lipinski definition) is 5. The fraction of sp³-hybridized carbons (Fsp3) is 0.654. The number of amides is 2. The molecule has 1 saturated heterocycles. The Morgan fingerprint density at radius 2 is 1.82 bits per heavy atom. The average Bonchev–Trinajstić information content (AvgIpc) is 3.40. The van der Waals surface area contributed by atoms with Gasteiger partial charge in [0.1, 0.15) is 4.88 Å². The number of thiophene rings is 1. The van der Waals surface area contributed by atoms with Gasteiger partial charge in [0, 0.05) is 31.3 Å². The van der Waals surface area contributed by atoms with Gasteiger partial charge >= 0.3 is 5.97 Å². The fourth-order valence-corrected chi connectivity index (χ4v) is 5.47. The summed E-state index contributed by atoms with van der Waals surface area (Å²) < 4.78 is 5.07. The van der Waals surface area contributed by atoms with Gasteiger partial charge in [-0.2, -0.15) is 0 Å². The van der Waals surface area contributed by atoms with Crippen LogP contribution < -0.4 is 4.90 Å². The van der Waals surface area contributed by atoms with Gasteiger partial charge in [-0.1, -0.05) is 18.8 Å². The molecular formula is C26H36N2O4S. The first-order valence-corrected chi connectivity index (χ1v) is 12.7. The van der Waals surface area contributed by atoms with Gasteiger partial charge in [0.05, 0.1) is 23.7 Å². The molecule has 2 amide bonds. The summed E-state index contributed by atoms with van der Waals surface area (Å²) in [6.45, 7) is 11.0. The first-order chi connectivity index (χ1) is 15.5. The van der Waals surface area contributed by atoms with Crippen molar-refractivity contribution in [3.8, 4) is 11.8 Å². The molecule has 1 atom stereocenters. The van der Waals surface area contributed by atoms with Crippen LogP contribution in [0.3, 0.4) is 0 Å². The Labute approximate surface area is 201 Å². The van der Waals surface area contributed by atoms with E-state index in [1.54, 1.807) is 16.7 Å². The molecule has 7 heteroatoms. The van der Waals surface area contributed by atoms with E-state index in [0.29, 0.717) is 36.0 Å². The first kappa shape index (κ1) is 25.3. The molecule has 0 unspecified atom stereocenters. The van der Waals surface area contributed by atoms with Gasteiger partial charge in [-0.25, -0.2) is 4.79 Å². The van der Waals surface area contributed by atoms with Crippen molar-refractivity contribution in [2.75, 3.05) is 25.1 Å². The molecule has 1 aromatic heterocycles. The van der Waals surface area contributed by atoms with Crippen molar-refractivity contribution in [3.63, 3.8) is 0 Å². The lowest BCUT2D eigenvalue weighted by Gasteiger charge is -2.34. The van der Waals surface area contributed by atoms with Crippen molar-refractivity contribution in [2.24, 2.45) is 17.3 Å². The van der Waals surface area contributed by atoms with Gasteiger partial charge in [0.15, 0.2) is 0 Å². The second-order valence-corrected chi connectivity index (χ2v) is 11.4. The summed E-state index contributed by atoms with van der Waals surface area (Å²) in [6, 6.07) is 1.69. The minimum atomic E-state index is -0.463.